The van der Waals surface area contributed by atoms with E-state index in [2.05, 4.69) is 5.16 Å². The van der Waals surface area contributed by atoms with Gasteiger partial charge < -0.3 is 20.8 Å². The maximum atomic E-state index is 10.4. The molecule has 0 fully saturated rings. The number of amidine groups is 1. The van der Waals surface area contributed by atoms with Gasteiger partial charge in [0.2, 0.25) is 0 Å². The topological polar surface area (TPSA) is 105 Å². The number of nitrogens with two attached hydrogens (primary N) is 1. The first-order valence-electron chi connectivity index (χ1n) is 7.13. The van der Waals surface area contributed by atoms with Gasteiger partial charge in [-0.1, -0.05) is 41.6 Å². The van der Waals surface area contributed by atoms with Crippen molar-refractivity contribution in [2.24, 2.45) is 10.9 Å². The Bertz CT molecular complexity index is 679. The lowest BCUT2D eigenvalue weighted by molar-refractivity contribution is -0.137. The van der Waals surface area contributed by atoms with E-state index in [-0.39, 0.29) is 12.3 Å². The number of carboxylic acid groups (broad SMARTS) is 1. The maximum absolute atomic E-state index is 10.4. The smallest absolute Gasteiger partial charge is 0.303 e. The molecule has 0 bridgehead atoms. The zero-order chi connectivity index (χ0) is 16.7. The Morgan fingerprint density at radius 1 is 1.04 bits per heavy atom. The van der Waals surface area contributed by atoms with E-state index in [9.17, 15) is 4.79 Å². The largest absolute Gasteiger partial charge is 0.494 e. The van der Waals surface area contributed by atoms with Gasteiger partial charge >= 0.3 is 5.97 Å². The predicted molar refractivity (Wildman–Crippen MR) is 86.8 cm³/mol. The Hall–Kier alpha value is -3.02. The Balaban J connectivity index is 1.97. The second-order valence-electron chi connectivity index (χ2n) is 4.93. The molecule has 0 aliphatic carbocycles. The number of carbonyl (C=O) groups is 1. The molecule has 0 saturated heterocycles. The van der Waals surface area contributed by atoms with Gasteiger partial charge in [-0.2, -0.15) is 0 Å². The number of ether oxygens (including phenoxy) is 1. The average Bonchev–Trinajstić information content (AvgIpc) is 2.58. The predicted octanol–water partition coefficient (Wildman–Crippen LogP) is 2.69. The molecule has 2 aromatic carbocycles. The van der Waals surface area contributed by atoms with Crippen molar-refractivity contribution in [1.29, 1.82) is 0 Å². The minimum Gasteiger partial charge on any atom is -0.494 e. The van der Waals surface area contributed by atoms with E-state index >= 15 is 0 Å². The second kappa shape index (κ2) is 7.84. The van der Waals surface area contributed by atoms with Crippen LogP contribution in [-0.2, 0) is 4.79 Å². The van der Waals surface area contributed by atoms with Crippen LogP contribution in [0.15, 0.2) is 53.7 Å². The molecule has 0 heterocycles. The first-order chi connectivity index (χ1) is 11.1. The number of benzene rings is 2. The van der Waals surface area contributed by atoms with Gasteiger partial charge in [-0.05, 0) is 29.7 Å². The Morgan fingerprint density at radius 2 is 1.61 bits per heavy atom. The van der Waals surface area contributed by atoms with Crippen LogP contribution in [0, 0.1) is 0 Å². The quantitative estimate of drug-likeness (QED) is 0.239. The highest BCUT2D eigenvalue weighted by Crippen LogP contribution is 2.23. The standard InChI is InChI=1S/C17H18N2O4/c18-17(19-22)14-5-3-12(4-6-14)13-7-9-15(10-8-13)23-11-1-2-16(20)21/h3-10,22H,1-2,11H2,(H2,18,19)(H,20,21). The minimum absolute atomic E-state index is 0.0710. The molecule has 0 unspecified atom stereocenters. The van der Waals surface area contributed by atoms with Crippen LogP contribution in [0.3, 0.4) is 0 Å². The van der Waals surface area contributed by atoms with E-state index in [1.54, 1.807) is 12.1 Å². The van der Waals surface area contributed by atoms with Gasteiger partial charge in [0.05, 0.1) is 6.61 Å². The van der Waals surface area contributed by atoms with Crippen LogP contribution < -0.4 is 10.5 Å². The third-order valence-electron chi connectivity index (χ3n) is 3.28. The second-order valence-corrected chi connectivity index (χ2v) is 4.93. The highest BCUT2D eigenvalue weighted by atomic mass is 16.5. The van der Waals surface area contributed by atoms with E-state index in [0.29, 0.717) is 24.3 Å². The van der Waals surface area contributed by atoms with Gasteiger partial charge in [0.1, 0.15) is 5.75 Å². The molecular formula is C17H18N2O4. The Kier molecular flexibility index (Phi) is 5.57. The minimum atomic E-state index is -0.820. The van der Waals surface area contributed by atoms with Crippen molar-refractivity contribution in [1.82, 2.24) is 0 Å². The number of hydrogen-bond acceptors (Lipinski definition) is 4. The molecule has 0 aliphatic rings. The van der Waals surface area contributed by atoms with Crippen molar-refractivity contribution in [3.8, 4) is 16.9 Å². The van der Waals surface area contributed by atoms with Crippen molar-refractivity contribution < 1.29 is 19.8 Å². The van der Waals surface area contributed by atoms with Crippen molar-refractivity contribution in [3.05, 3.63) is 54.1 Å². The van der Waals surface area contributed by atoms with Gasteiger partial charge in [0.15, 0.2) is 5.84 Å². The number of hydrogen-bond donors (Lipinski definition) is 3. The summed E-state index contributed by atoms with van der Waals surface area (Å²) in [5, 5.41) is 20.2. The molecule has 2 rings (SSSR count). The van der Waals surface area contributed by atoms with Crippen LogP contribution in [0.25, 0.3) is 11.1 Å². The van der Waals surface area contributed by atoms with Crippen molar-refractivity contribution in [2.75, 3.05) is 6.61 Å². The van der Waals surface area contributed by atoms with Gasteiger partial charge in [0.25, 0.3) is 0 Å². The molecule has 0 saturated carbocycles. The molecule has 0 aromatic heterocycles. The molecular weight excluding hydrogens is 296 g/mol. The van der Waals surface area contributed by atoms with Gasteiger partial charge in [-0.25, -0.2) is 0 Å². The zero-order valence-corrected chi connectivity index (χ0v) is 12.5. The molecule has 0 spiro atoms. The molecule has 6 heteroatoms. The molecule has 2 aromatic rings. The molecule has 120 valence electrons. The summed E-state index contributed by atoms with van der Waals surface area (Å²) in [5.74, 6) is -0.0478. The molecule has 6 nitrogen and oxygen atoms in total. The van der Waals surface area contributed by atoms with Crippen molar-refractivity contribution in [3.63, 3.8) is 0 Å². The van der Waals surface area contributed by atoms with Crippen LogP contribution in [0.4, 0.5) is 0 Å². The van der Waals surface area contributed by atoms with Crippen molar-refractivity contribution in [2.45, 2.75) is 12.8 Å². The summed E-state index contributed by atoms with van der Waals surface area (Å²) >= 11 is 0. The summed E-state index contributed by atoms with van der Waals surface area (Å²) in [7, 11) is 0. The SMILES string of the molecule is NC(=NO)c1ccc(-c2ccc(OCCCC(=O)O)cc2)cc1. The maximum Gasteiger partial charge on any atom is 0.303 e. The van der Waals surface area contributed by atoms with E-state index in [4.69, 9.17) is 20.8 Å². The summed E-state index contributed by atoms with van der Waals surface area (Å²) in [5.41, 5.74) is 8.18. The monoisotopic (exact) mass is 314 g/mol. The fraction of sp³-hybridized carbons (Fsp3) is 0.176. The van der Waals surface area contributed by atoms with Crippen LogP contribution in [-0.4, -0.2) is 28.7 Å². The third kappa shape index (κ3) is 4.74. The average molecular weight is 314 g/mol. The molecule has 4 N–H and O–H groups in total. The van der Waals surface area contributed by atoms with Gasteiger partial charge in [0, 0.05) is 12.0 Å². The Labute approximate surface area is 133 Å². The summed E-state index contributed by atoms with van der Waals surface area (Å²) in [6, 6.07) is 14.9. The lowest BCUT2D eigenvalue weighted by atomic mass is 10.0. The summed E-state index contributed by atoms with van der Waals surface area (Å²) in [4.78, 5) is 10.4. The molecule has 0 radical (unpaired) electrons. The molecule has 0 atom stereocenters. The number of nitrogens with zero attached hydrogens (tertiary/aromatic N) is 1. The van der Waals surface area contributed by atoms with Crippen LogP contribution in [0.2, 0.25) is 0 Å². The fourth-order valence-corrected chi connectivity index (χ4v) is 2.05. The van der Waals surface area contributed by atoms with E-state index in [1.807, 2.05) is 36.4 Å². The lowest BCUT2D eigenvalue weighted by Gasteiger charge is -2.07. The zero-order valence-electron chi connectivity index (χ0n) is 12.5. The number of oxime groups is 1. The first kappa shape index (κ1) is 16.4. The van der Waals surface area contributed by atoms with Crippen LogP contribution >= 0.6 is 0 Å². The first-order valence-corrected chi connectivity index (χ1v) is 7.13. The normalized spacial score (nSPS) is 11.2. The van der Waals surface area contributed by atoms with Crippen molar-refractivity contribution >= 4 is 11.8 Å². The van der Waals surface area contributed by atoms with Gasteiger partial charge in [-0.15, -0.1) is 0 Å². The Morgan fingerprint density at radius 3 is 2.13 bits per heavy atom. The molecule has 23 heavy (non-hydrogen) atoms. The summed E-state index contributed by atoms with van der Waals surface area (Å²) in [6.45, 7) is 0.375. The molecule has 0 amide bonds. The number of aliphatic carboxylic acids is 1. The summed E-state index contributed by atoms with van der Waals surface area (Å²) in [6.07, 6.45) is 0.580. The lowest BCUT2D eigenvalue weighted by Crippen LogP contribution is -2.12. The summed E-state index contributed by atoms with van der Waals surface area (Å²) < 4.78 is 5.49. The van der Waals surface area contributed by atoms with Gasteiger partial charge in [-0.3, -0.25) is 4.79 Å². The van der Waals surface area contributed by atoms with E-state index in [0.717, 1.165) is 11.1 Å². The van der Waals surface area contributed by atoms with Crippen LogP contribution in [0.5, 0.6) is 5.75 Å². The highest BCUT2D eigenvalue weighted by molar-refractivity contribution is 5.97. The number of rotatable bonds is 7. The third-order valence-corrected chi connectivity index (χ3v) is 3.28. The van der Waals surface area contributed by atoms with E-state index < -0.39 is 5.97 Å². The fourth-order valence-electron chi connectivity index (χ4n) is 2.05. The molecule has 0 aliphatic heterocycles. The highest BCUT2D eigenvalue weighted by Gasteiger charge is 2.02. The number of carboxylic acids is 1. The van der Waals surface area contributed by atoms with E-state index in [1.165, 1.54) is 0 Å². The van der Waals surface area contributed by atoms with Crippen LogP contribution in [0.1, 0.15) is 18.4 Å².